The summed E-state index contributed by atoms with van der Waals surface area (Å²) in [4.78, 5) is 14.2. The second-order valence-electron chi connectivity index (χ2n) is 5.47. The SMILES string of the molecule is COc1ccc(NC(=O)CN(C)c2cccc(C)c2C)cc1Cl. The molecular weight excluding hydrogens is 312 g/mol. The van der Waals surface area contributed by atoms with Crippen molar-refractivity contribution in [1.29, 1.82) is 0 Å². The van der Waals surface area contributed by atoms with Crippen molar-refractivity contribution in [3.05, 3.63) is 52.5 Å². The van der Waals surface area contributed by atoms with Gasteiger partial charge in [0.05, 0.1) is 18.7 Å². The molecule has 0 radical (unpaired) electrons. The highest BCUT2D eigenvalue weighted by molar-refractivity contribution is 6.32. The minimum atomic E-state index is -0.102. The number of benzene rings is 2. The third-order valence-corrected chi connectivity index (χ3v) is 4.10. The van der Waals surface area contributed by atoms with Crippen LogP contribution in [0.2, 0.25) is 5.02 Å². The zero-order chi connectivity index (χ0) is 17.0. The predicted molar refractivity (Wildman–Crippen MR) is 95.8 cm³/mol. The molecule has 0 aliphatic heterocycles. The number of carbonyl (C=O) groups is 1. The zero-order valence-electron chi connectivity index (χ0n) is 13.8. The minimum absolute atomic E-state index is 0.102. The van der Waals surface area contributed by atoms with Gasteiger partial charge in [-0.1, -0.05) is 23.7 Å². The molecule has 2 aromatic rings. The van der Waals surface area contributed by atoms with Gasteiger partial charge in [-0.3, -0.25) is 4.79 Å². The van der Waals surface area contributed by atoms with Crippen molar-refractivity contribution in [2.45, 2.75) is 13.8 Å². The maximum Gasteiger partial charge on any atom is 0.243 e. The van der Waals surface area contributed by atoms with Gasteiger partial charge in [-0.2, -0.15) is 0 Å². The summed E-state index contributed by atoms with van der Waals surface area (Å²) < 4.78 is 5.10. The number of amides is 1. The Morgan fingerprint density at radius 1 is 1.26 bits per heavy atom. The van der Waals surface area contributed by atoms with Crippen LogP contribution in [-0.4, -0.2) is 26.6 Å². The molecule has 0 unspecified atom stereocenters. The van der Waals surface area contributed by atoms with Crippen LogP contribution >= 0.6 is 11.6 Å². The van der Waals surface area contributed by atoms with Crippen LogP contribution in [-0.2, 0) is 4.79 Å². The summed E-state index contributed by atoms with van der Waals surface area (Å²) in [7, 11) is 3.46. The van der Waals surface area contributed by atoms with E-state index in [2.05, 4.69) is 25.2 Å². The number of likely N-dealkylation sites (N-methyl/N-ethyl adjacent to an activating group) is 1. The van der Waals surface area contributed by atoms with Gasteiger partial charge in [0, 0.05) is 18.4 Å². The molecule has 0 aliphatic carbocycles. The molecule has 0 aromatic heterocycles. The Morgan fingerprint density at radius 2 is 2.00 bits per heavy atom. The number of ether oxygens (including phenoxy) is 1. The van der Waals surface area contributed by atoms with Crippen LogP contribution in [0.5, 0.6) is 5.75 Å². The number of carbonyl (C=O) groups excluding carboxylic acids is 1. The van der Waals surface area contributed by atoms with E-state index in [1.54, 1.807) is 25.3 Å². The Bertz CT molecular complexity index is 716. The largest absolute Gasteiger partial charge is 0.495 e. The Balaban J connectivity index is 2.04. The fraction of sp³-hybridized carbons (Fsp3) is 0.278. The molecule has 0 heterocycles. The summed E-state index contributed by atoms with van der Waals surface area (Å²) in [6, 6.07) is 11.2. The highest BCUT2D eigenvalue weighted by atomic mass is 35.5. The summed E-state index contributed by atoms with van der Waals surface area (Å²) in [6.45, 7) is 4.38. The smallest absolute Gasteiger partial charge is 0.243 e. The zero-order valence-corrected chi connectivity index (χ0v) is 14.6. The first-order chi connectivity index (χ1) is 10.9. The molecule has 0 saturated heterocycles. The summed E-state index contributed by atoms with van der Waals surface area (Å²) >= 11 is 6.07. The molecule has 1 N–H and O–H groups in total. The van der Waals surface area contributed by atoms with Crippen molar-refractivity contribution in [2.24, 2.45) is 0 Å². The number of hydrogen-bond donors (Lipinski definition) is 1. The van der Waals surface area contributed by atoms with Crippen LogP contribution in [0.3, 0.4) is 0 Å². The lowest BCUT2D eigenvalue weighted by Gasteiger charge is -2.22. The van der Waals surface area contributed by atoms with Crippen LogP contribution in [0.1, 0.15) is 11.1 Å². The Morgan fingerprint density at radius 3 is 2.65 bits per heavy atom. The van der Waals surface area contributed by atoms with Gasteiger partial charge in [0.15, 0.2) is 0 Å². The Labute approximate surface area is 142 Å². The monoisotopic (exact) mass is 332 g/mol. The molecule has 0 saturated carbocycles. The maximum absolute atomic E-state index is 12.2. The normalized spacial score (nSPS) is 10.3. The van der Waals surface area contributed by atoms with Crippen molar-refractivity contribution >= 4 is 28.9 Å². The number of rotatable bonds is 5. The molecule has 5 heteroatoms. The first-order valence-corrected chi connectivity index (χ1v) is 7.71. The van der Waals surface area contributed by atoms with Crippen LogP contribution in [0.25, 0.3) is 0 Å². The van der Waals surface area contributed by atoms with Gasteiger partial charge in [-0.25, -0.2) is 0 Å². The van der Waals surface area contributed by atoms with Crippen molar-refractivity contribution < 1.29 is 9.53 Å². The fourth-order valence-corrected chi connectivity index (χ4v) is 2.65. The molecule has 2 rings (SSSR count). The number of nitrogens with one attached hydrogen (secondary N) is 1. The highest BCUT2D eigenvalue weighted by Crippen LogP contribution is 2.27. The fourth-order valence-electron chi connectivity index (χ4n) is 2.39. The molecule has 0 bridgehead atoms. The maximum atomic E-state index is 12.2. The number of aryl methyl sites for hydroxylation is 1. The van der Waals surface area contributed by atoms with Crippen molar-refractivity contribution in [3.63, 3.8) is 0 Å². The van der Waals surface area contributed by atoms with E-state index in [1.165, 1.54) is 11.1 Å². The third kappa shape index (κ3) is 4.17. The van der Waals surface area contributed by atoms with E-state index < -0.39 is 0 Å². The van der Waals surface area contributed by atoms with E-state index in [4.69, 9.17) is 16.3 Å². The van der Waals surface area contributed by atoms with Gasteiger partial charge in [0.25, 0.3) is 0 Å². The third-order valence-electron chi connectivity index (χ3n) is 3.80. The van der Waals surface area contributed by atoms with E-state index in [9.17, 15) is 4.79 Å². The topological polar surface area (TPSA) is 41.6 Å². The standard InChI is InChI=1S/C18H21ClN2O2/c1-12-6-5-7-16(13(12)2)21(3)11-18(22)20-14-8-9-17(23-4)15(19)10-14/h5-10H,11H2,1-4H3,(H,20,22). The van der Waals surface area contributed by atoms with E-state index in [-0.39, 0.29) is 12.5 Å². The molecule has 0 atom stereocenters. The Hall–Kier alpha value is -2.20. The molecule has 23 heavy (non-hydrogen) atoms. The molecular formula is C18H21ClN2O2. The van der Waals surface area contributed by atoms with Gasteiger partial charge in [-0.15, -0.1) is 0 Å². The van der Waals surface area contributed by atoms with Crippen LogP contribution in [0.4, 0.5) is 11.4 Å². The summed E-state index contributed by atoms with van der Waals surface area (Å²) in [6.07, 6.45) is 0. The molecule has 1 amide bonds. The second-order valence-corrected chi connectivity index (χ2v) is 5.88. The molecule has 2 aromatic carbocycles. The van der Waals surface area contributed by atoms with Crippen LogP contribution in [0.15, 0.2) is 36.4 Å². The highest BCUT2D eigenvalue weighted by Gasteiger charge is 2.11. The molecule has 0 fully saturated rings. The quantitative estimate of drug-likeness (QED) is 0.898. The first kappa shape index (κ1) is 17.2. The van der Waals surface area contributed by atoms with Crippen molar-refractivity contribution in [2.75, 3.05) is 30.9 Å². The lowest BCUT2D eigenvalue weighted by Crippen LogP contribution is -2.30. The van der Waals surface area contributed by atoms with Gasteiger partial charge in [0.2, 0.25) is 5.91 Å². The second kappa shape index (κ2) is 7.38. The van der Waals surface area contributed by atoms with Crippen LogP contribution < -0.4 is 15.0 Å². The van der Waals surface area contributed by atoms with Crippen molar-refractivity contribution in [3.8, 4) is 5.75 Å². The summed E-state index contributed by atoms with van der Waals surface area (Å²) in [5, 5.41) is 3.31. The molecule has 122 valence electrons. The number of halogens is 1. The molecule has 0 spiro atoms. The minimum Gasteiger partial charge on any atom is -0.495 e. The van der Waals surface area contributed by atoms with Crippen molar-refractivity contribution in [1.82, 2.24) is 0 Å². The molecule has 4 nitrogen and oxygen atoms in total. The number of nitrogens with zero attached hydrogens (tertiary/aromatic N) is 1. The Kier molecular flexibility index (Phi) is 5.50. The summed E-state index contributed by atoms with van der Waals surface area (Å²) in [5.74, 6) is 0.479. The number of methoxy groups -OCH3 is 1. The van der Waals surface area contributed by atoms with Gasteiger partial charge in [-0.05, 0) is 49.2 Å². The van der Waals surface area contributed by atoms with Gasteiger partial charge < -0.3 is 15.0 Å². The van der Waals surface area contributed by atoms with Crippen LogP contribution in [0, 0.1) is 13.8 Å². The predicted octanol–water partition coefficient (Wildman–Crippen LogP) is 4.04. The van der Waals surface area contributed by atoms with E-state index >= 15 is 0 Å². The van der Waals surface area contributed by atoms with Gasteiger partial charge in [0.1, 0.15) is 5.75 Å². The summed E-state index contributed by atoms with van der Waals surface area (Å²) in [5.41, 5.74) is 4.08. The van der Waals surface area contributed by atoms with Gasteiger partial charge >= 0.3 is 0 Å². The van der Waals surface area contributed by atoms with E-state index in [1.807, 2.05) is 24.1 Å². The number of hydrogen-bond acceptors (Lipinski definition) is 3. The average molecular weight is 333 g/mol. The molecule has 0 aliphatic rings. The lowest BCUT2D eigenvalue weighted by molar-refractivity contribution is -0.114. The number of anilines is 2. The average Bonchev–Trinajstić information content (AvgIpc) is 2.50. The first-order valence-electron chi connectivity index (χ1n) is 7.33. The van der Waals surface area contributed by atoms with E-state index in [0.717, 1.165) is 5.69 Å². The lowest BCUT2D eigenvalue weighted by atomic mass is 10.1. The van der Waals surface area contributed by atoms with E-state index in [0.29, 0.717) is 16.5 Å².